The van der Waals surface area contributed by atoms with Gasteiger partial charge >= 0.3 is 11.9 Å². The summed E-state index contributed by atoms with van der Waals surface area (Å²) < 4.78 is 34.0. The highest BCUT2D eigenvalue weighted by Gasteiger charge is 2.21. The molecule has 0 aliphatic carbocycles. The molecule has 0 heterocycles. The van der Waals surface area contributed by atoms with Crippen LogP contribution in [0.25, 0.3) is 0 Å². The van der Waals surface area contributed by atoms with Crippen LogP contribution in [0.1, 0.15) is 213 Å². The zero-order chi connectivity index (χ0) is 50.6. The Bertz CT molecular complexity index is 1490. The summed E-state index contributed by atoms with van der Waals surface area (Å²) in [4.78, 5) is 37.6. The number of hydrogen-bond acceptors (Lipinski definition) is 8. The highest BCUT2D eigenvalue weighted by Crippen LogP contribution is 2.38. The number of phosphoric ester groups is 1. The van der Waals surface area contributed by atoms with Gasteiger partial charge in [0.25, 0.3) is 7.82 Å². The van der Waals surface area contributed by atoms with Gasteiger partial charge in [-0.15, -0.1) is 0 Å². The van der Waals surface area contributed by atoms with Crippen molar-refractivity contribution in [2.45, 2.75) is 219 Å². The molecule has 0 amide bonds. The standard InChI is InChI=1S/C59H102NO8P/c1-6-8-10-12-14-16-18-19-20-21-22-23-24-25-26-27-28-29-30-31-32-33-34-35-36-37-38-39-40-41-42-44-46-48-50-52-59(62)68-57(56-67-69(63,64)66-54-53-60(3,4)5)55-65-58(61)51-49-47-45-43-17-15-13-11-9-7-2/h8,10-11,13-14,16,19-20,22-23,25-26,28-29,31-32,57H,6-7,9,12,15,17-18,21,24,27,30,33-56H2,1-5H3/b10-8-,13-11-,16-14-,20-19-,23-22-,26-25-,29-28-,32-31-. The highest BCUT2D eigenvalue weighted by atomic mass is 31.2. The molecule has 0 fully saturated rings. The van der Waals surface area contributed by atoms with Gasteiger partial charge < -0.3 is 27.9 Å². The number of phosphoric acid groups is 1. The SMILES string of the molecule is CC/C=C\C/C=C\C/C=C\C/C=C\C/C=C\C/C=C\C/C=C\CCCCCCCCCCCCCCCC(=O)OC(COC(=O)CCCCCCC/C=C\CCC)COP(=O)([O-])OCC[N+](C)(C)C. The number of hydrogen-bond donors (Lipinski definition) is 0. The van der Waals surface area contributed by atoms with Crippen molar-refractivity contribution in [2.24, 2.45) is 0 Å². The van der Waals surface area contributed by atoms with E-state index in [9.17, 15) is 19.0 Å². The Hall–Kier alpha value is -3.07. The topological polar surface area (TPSA) is 111 Å². The molecule has 0 radical (unpaired) electrons. The first kappa shape index (κ1) is 65.9. The molecule has 9 nitrogen and oxygen atoms in total. The van der Waals surface area contributed by atoms with E-state index >= 15 is 0 Å². The van der Waals surface area contributed by atoms with Gasteiger partial charge in [-0.05, 0) is 89.9 Å². The van der Waals surface area contributed by atoms with Crippen molar-refractivity contribution in [1.29, 1.82) is 0 Å². The summed E-state index contributed by atoms with van der Waals surface area (Å²) in [6.45, 7) is 4.03. The van der Waals surface area contributed by atoms with Gasteiger partial charge in [-0.1, -0.05) is 207 Å². The predicted molar refractivity (Wildman–Crippen MR) is 291 cm³/mol. The Morgan fingerprint density at radius 2 is 0.826 bits per heavy atom. The van der Waals surface area contributed by atoms with Gasteiger partial charge in [-0.2, -0.15) is 0 Å². The average molecular weight is 984 g/mol. The third-order valence-electron chi connectivity index (χ3n) is 11.3. The Morgan fingerprint density at radius 1 is 0.464 bits per heavy atom. The van der Waals surface area contributed by atoms with Crippen molar-refractivity contribution in [2.75, 3.05) is 47.5 Å². The number of esters is 2. The van der Waals surface area contributed by atoms with Crippen molar-refractivity contribution in [3.8, 4) is 0 Å². The van der Waals surface area contributed by atoms with Gasteiger partial charge in [0.2, 0.25) is 0 Å². The fraction of sp³-hybridized carbons (Fsp3) is 0.695. The first-order chi connectivity index (χ1) is 33.5. The van der Waals surface area contributed by atoms with E-state index in [4.69, 9.17) is 18.5 Å². The fourth-order valence-corrected chi connectivity index (χ4v) is 7.84. The van der Waals surface area contributed by atoms with Gasteiger partial charge in [0.15, 0.2) is 6.10 Å². The lowest BCUT2D eigenvalue weighted by molar-refractivity contribution is -0.870. The van der Waals surface area contributed by atoms with E-state index in [2.05, 4.69) is 111 Å². The number of quaternary nitrogens is 1. The molecule has 0 bridgehead atoms. The summed E-state index contributed by atoms with van der Waals surface area (Å²) in [5.74, 6) is -0.852. The number of ether oxygens (including phenoxy) is 2. The zero-order valence-corrected chi connectivity index (χ0v) is 45.6. The van der Waals surface area contributed by atoms with Crippen molar-refractivity contribution in [3.63, 3.8) is 0 Å². The van der Waals surface area contributed by atoms with E-state index in [1.807, 2.05) is 21.1 Å². The molecule has 0 rings (SSSR count). The van der Waals surface area contributed by atoms with Crippen molar-refractivity contribution in [3.05, 3.63) is 97.2 Å². The second-order valence-corrected chi connectivity index (χ2v) is 20.6. The minimum absolute atomic E-state index is 0.0356. The molecule has 0 aliphatic rings. The Kier molecular flexibility index (Phi) is 47.7. The molecular weight excluding hydrogens is 882 g/mol. The molecular formula is C59H102NO8P. The quantitative estimate of drug-likeness (QED) is 0.0195. The van der Waals surface area contributed by atoms with Crippen LogP contribution in [-0.2, 0) is 32.7 Å². The molecule has 0 saturated heterocycles. The minimum atomic E-state index is -4.63. The molecule has 69 heavy (non-hydrogen) atoms. The molecule has 0 aromatic rings. The molecule has 0 aromatic heterocycles. The van der Waals surface area contributed by atoms with Crippen LogP contribution >= 0.6 is 7.82 Å². The first-order valence-electron chi connectivity index (χ1n) is 27.4. The minimum Gasteiger partial charge on any atom is -0.756 e. The van der Waals surface area contributed by atoms with Crippen molar-refractivity contribution >= 4 is 19.8 Å². The Balaban J connectivity index is 4.04. The summed E-state index contributed by atoms with van der Waals surface area (Å²) in [5.41, 5.74) is 0. The van der Waals surface area contributed by atoms with Gasteiger partial charge in [-0.25, -0.2) is 0 Å². The zero-order valence-electron chi connectivity index (χ0n) is 44.7. The molecule has 0 aliphatic heterocycles. The van der Waals surface area contributed by atoms with E-state index in [-0.39, 0.29) is 26.1 Å². The highest BCUT2D eigenvalue weighted by molar-refractivity contribution is 7.45. The van der Waals surface area contributed by atoms with Crippen molar-refractivity contribution < 1.29 is 42.1 Å². The smallest absolute Gasteiger partial charge is 0.306 e. The Morgan fingerprint density at radius 3 is 1.25 bits per heavy atom. The third kappa shape index (κ3) is 54.1. The number of likely N-dealkylation sites (N-methyl/N-ethyl adjacent to an activating group) is 1. The van der Waals surface area contributed by atoms with Crippen LogP contribution < -0.4 is 4.89 Å². The van der Waals surface area contributed by atoms with Crippen LogP contribution in [0.15, 0.2) is 97.2 Å². The molecule has 396 valence electrons. The number of allylic oxidation sites excluding steroid dienone is 16. The maximum absolute atomic E-state index is 12.7. The summed E-state index contributed by atoms with van der Waals surface area (Å²) in [6.07, 6.45) is 67.6. The number of nitrogens with zero attached hydrogens (tertiary/aromatic N) is 1. The first-order valence-corrected chi connectivity index (χ1v) is 28.9. The average Bonchev–Trinajstić information content (AvgIpc) is 3.31. The van der Waals surface area contributed by atoms with Crippen LogP contribution in [0.2, 0.25) is 0 Å². The molecule has 0 aromatic carbocycles. The lowest BCUT2D eigenvalue weighted by atomic mass is 10.0. The normalized spacial score (nSPS) is 14.1. The number of rotatable bonds is 49. The van der Waals surface area contributed by atoms with Gasteiger partial charge in [0, 0.05) is 12.8 Å². The van der Waals surface area contributed by atoms with Crippen molar-refractivity contribution in [1.82, 2.24) is 0 Å². The number of carbonyl (C=O) groups excluding carboxylic acids is 2. The van der Waals surface area contributed by atoms with Crippen LogP contribution in [0.3, 0.4) is 0 Å². The lowest BCUT2D eigenvalue weighted by Gasteiger charge is -2.28. The maximum atomic E-state index is 12.7. The molecule has 10 heteroatoms. The summed E-state index contributed by atoms with van der Waals surface area (Å²) >= 11 is 0. The number of unbranched alkanes of at least 4 members (excludes halogenated alkanes) is 19. The van der Waals surface area contributed by atoms with Gasteiger partial charge in [0.05, 0.1) is 27.7 Å². The van der Waals surface area contributed by atoms with E-state index in [1.54, 1.807) is 0 Å². The summed E-state index contributed by atoms with van der Waals surface area (Å²) in [5, 5.41) is 0. The van der Waals surface area contributed by atoms with Gasteiger partial charge in [-0.3, -0.25) is 14.2 Å². The largest absolute Gasteiger partial charge is 0.756 e. The molecule has 0 N–H and O–H groups in total. The molecule has 2 unspecified atom stereocenters. The monoisotopic (exact) mass is 984 g/mol. The maximum Gasteiger partial charge on any atom is 0.306 e. The molecule has 2 atom stereocenters. The van der Waals surface area contributed by atoms with Crippen LogP contribution in [0, 0.1) is 0 Å². The van der Waals surface area contributed by atoms with E-state index in [1.165, 1.54) is 70.6 Å². The van der Waals surface area contributed by atoms with E-state index in [0.29, 0.717) is 23.9 Å². The Labute approximate surface area is 423 Å². The predicted octanol–water partition coefficient (Wildman–Crippen LogP) is 16.2. The molecule has 0 spiro atoms. The second-order valence-electron chi connectivity index (χ2n) is 19.2. The van der Waals surface area contributed by atoms with Gasteiger partial charge in [0.1, 0.15) is 19.8 Å². The lowest BCUT2D eigenvalue weighted by Crippen LogP contribution is -2.37. The summed E-state index contributed by atoms with van der Waals surface area (Å²) in [7, 11) is 1.15. The molecule has 0 saturated carbocycles. The van der Waals surface area contributed by atoms with E-state index in [0.717, 1.165) is 103 Å². The number of carbonyl (C=O) groups is 2. The van der Waals surface area contributed by atoms with Crippen LogP contribution in [0.4, 0.5) is 0 Å². The third-order valence-corrected chi connectivity index (χ3v) is 12.3. The summed E-state index contributed by atoms with van der Waals surface area (Å²) in [6, 6.07) is 0. The van der Waals surface area contributed by atoms with Crippen LogP contribution in [-0.4, -0.2) is 70.0 Å². The van der Waals surface area contributed by atoms with Crippen LogP contribution in [0.5, 0.6) is 0 Å². The fourth-order valence-electron chi connectivity index (χ4n) is 7.11. The van der Waals surface area contributed by atoms with E-state index < -0.39 is 32.5 Å². The second kappa shape index (κ2) is 49.9.